The van der Waals surface area contributed by atoms with Gasteiger partial charge in [0.15, 0.2) is 0 Å². The summed E-state index contributed by atoms with van der Waals surface area (Å²) in [5, 5.41) is 4.49. The number of hydrogen-bond donors (Lipinski definition) is 1. The van der Waals surface area contributed by atoms with E-state index in [0.717, 1.165) is 27.0 Å². The molecule has 6 heteroatoms. The van der Waals surface area contributed by atoms with Crippen molar-refractivity contribution in [1.29, 1.82) is 0 Å². The summed E-state index contributed by atoms with van der Waals surface area (Å²) >= 11 is 3.46. The van der Waals surface area contributed by atoms with E-state index in [1.165, 1.54) is 0 Å². The van der Waals surface area contributed by atoms with Crippen LogP contribution in [0.1, 0.15) is 24.5 Å². The van der Waals surface area contributed by atoms with Crippen molar-refractivity contribution in [3.05, 3.63) is 40.3 Å². The molecule has 3 aromatic rings. The molecule has 5 nitrogen and oxygen atoms in total. The third-order valence-electron chi connectivity index (χ3n) is 3.61. The number of nitrogens with two attached hydrogens (primary N) is 1. The van der Waals surface area contributed by atoms with Crippen molar-refractivity contribution >= 4 is 32.8 Å². The van der Waals surface area contributed by atoms with Gasteiger partial charge in [0.1, 0.15) is 17.7 Å². The highest BCUT2D eigenvalue weighted by Gasteiger charge is 2.20. The fourth-order valence-electron chi connectivity index (χ4n) is 2.49. The van der Waals surface area contributed by atoms with Crippen LogP contribution < -0.4 is 5.73 Å². The van der Waals surface area contributed by atoms with Gasteiger partial charge < -0.3 is 10.3 Å². The SMILES string of the molecule is Cc1nn(C(C)c2nc3ccccc3n2C)c(N)c1Br. The van der Waals surface area contributed by atoms with Crippen LogP contribution >= 0.6 is 15.9 Å². The Balaban J connectivity index is 2.15. The summed E-state index contributed by atoms with van der Waals surface area (Å²) in [4.78, 5) is 4.70. The minimum atomic E-state index is -0.0302. The second kappa shape index (κ2) is 4.63. The van der Waals surface area contributed by atoms with Gasteiger partial charge in [-0.15, -0.1) is 0 Å². The van der Waals surface area contributed by atoms with Crippen LogP contribution in [0.2, 0.25) is 0 Å². The van der Waals surface area contributed by atoms with E-state index < -0.39 is 0 Å². The van der Waals surface area contributed by atoms with E-state index in [9.17, 15) is 0 Å². The number of rotatable bonds is 2. The molecule has 0 aliphatic carbocycles. The lowest BCUT2D eigenvalue weighted by atomic mass is 10.3. The molecule has 1 aromatic carbocycles. The van der Waals surface area contributed by atoms with Gasteiger partial charge in [-0.1, -0.05) is 12.1 Å². The molecule has 3 rings (SSSR count). The highest BCUT2D eigenvalue weighted by Crippen LogP contribution is 2.29. The van der Waals surface area contributed by atoms with Crippen molar-refractivity contribution in [2.24, 2.45) is 7.05 Å². The van der Waals surface area contributed by atoms with Crippen LogP contribution in [0.3, 0.4) is 0 Å². The van der Waals surface area contributed by atoms with Gasteiger partial charge >= 0.3 is 0 Å². The first-order valence-corrected chi connectivity index (χ1v) is 7.21. The molecule has 0 fully saturated rings. The Morgan fingerprint density at radius 3 is 2.60 bits per heavy atom. The van der Waals surface area contributed by atoms with Gasteiger partial charge in [-0.25, -0.2) is 9.67 Å². The molecule has 2 heterocycles. The van der Waals surface area contributed by atoms with Crippen LogP contribution in [0.4, 0.5) is 5.82 Å². The third kappa shape index (κ3) is 1.83. The van der Waals surface area contributed by atoms with Crippen LogP contribution in [0.15, 0.2) is 28.7 Å². The van der Waals surface area contributed by atoms with Crippen molar-refractivity contribution in [2.75, 3.05) is 5.73 Å². The Kier molecular flexibility index (Phi) is 3.05. The normalized spacial score (nSPS) is 13.0. The van der Waals surface area contributed by atoms with Gasteiger partial charge in [-0.05, 0) is 41.9 Å². The fraction of sp³-hybridized carbons (Fsp3) is 0.286. The van der Waals surface area contributed by atoms with Gasteiger partial charge in [0.2, 0.25) is 0 Å². The maximum absolute atomic E-state index is 6.10. The van der Waals surface area contributed by atoms with Crippen molar-refractivity contribution in [2.45, 2.75) is 19.9 Å². The van der Waals surface area contributed by atoms with Gasteiger partial charge in [-0.2, -0.15) is 5.10 Å². The zero-order valence-electron chi connectivity index (χ0n) is 11.6. The number of fused-ring (bicyclic) bond motifs is 1. The molecule has 0 aliphatic rings. The van der Waals surface area contributed by atoms with E-state index in [4.69, 9.17) is 10.7 Å². The lowest BCUT2D eigenvalue weighted by Gasteiger charge is -2.14. The zero-order chi connectivity index (χ0) is 14.4. The Hall–Kier alpha value is -1.82. The van der Waals surface area contributed by atoms with Crippen LogP contribution in [0, 0.1) is 6.92 Å². The maximum Gasteiger partial charge on any atom is 0.137 e. The second-order valence-corrected chi connectivity index (χ2v) is 5.72. The fourth-order valence-corrected chi connectivity index (χ4v) is 2.75. The van der Waals surface area contributed by atoms with Crippen LogP contribution in [0.25, 0.3) is 11.0 Å². The smallest absolute Gasteiger partial charge is 0.137 e. The first kappa shape index (κ1) is 13.2. The molecular weight excluding hydrogens is 318 g/mol. The standard InChI is InChI=1S/C14H16BrN5/c1-8-12(15)13(16)20(18-8)9(2)14-17-10-6-4-5-7-11(10)19(14)3/h4-7,9H,16H2,1-3H3. The van der Waals surface area contributed by atoms with Gasteiger partial charge in [-0.3, -0.25) is 0 Å². The Morgan fingerprint density at radius 1 is 1.30 bits per heavy atom. The number of nitrogen functional groups attached to an aromatic ring is 1. The predicted octanol–water partition coefficient (Wildman–Crippen LogP) is 3.03. The molecule has 0 saturated carbocycles. The van der Waals surface area contributed by atoms with Crippen LogP contribution in [-0.4, -0.2) is 19.3 Å². The van der Waals surface area contributed by atoms with Gasteiger partial charge in [0.05, 0.1) is 21.2 Å². The maximum atomic E-state index is 6.10. The average Bonchev–Trinajstić information content (AvgIpc) is 2.91. The van der Waals surface area contributed by atoms with E-state index in [-0.39, 0.29) is 6.04 Å². The largest absolute Gasteiger partial charge is 0.383 e. The minimum Gasteiger partial charge on any atom is -0.383 e. The monoisotopic (exact) mass is 333 g/mol. The quantitative estimate of drug-likeness (QED) is 0.784. The topological polar surface area (TPSA) is 61.7 Å². The van der Waals surface area contributed by atoms with Crippen molar-refractivity contribution < 1.29 is 0 Å². The molecule has 0 saturated heterocycles. The summed E-state index contributed by atoms with van der Waals surface area (Å²) in [6, 6.07) is 8.05. The molecule has 0 radical (unpaired) electrons. The molecule has 0 bridgehead atoms. The molecule has 1 atom stereocenters. The number of halogens is 1. The summed E-state index contributed by atoms with van der Waals surface area (Å²) in [6.07, 6.45) is 0. The number of imidazole rings is 1. The summed E-state index contributed by atoms with van der Waals surface area (Å²) < 4.78 is 4.74. The van der Waals surface area contributed by atoms with Crippen LogP contribution in [-0.2, 0) is 7.05 Å². The highest BCUT2D eigenvalue weighted by atomic mass is 79.9. The number of anilines is 1. The van der Waals surface area contributed by atoms with Crippen molar-refractivity contribution in [3.63, 3.8) is 0 Å². The Labute approximate surface area is 125 Å². The van der Waals surface area contributed by atoms with E-state index in [0.29, 0.717) is 5.82 Å². The van der Waals surface area contributed by atoms with Crippen molar-refractivity contribution in [3.8, 4) is 0 Å². The predicted molar refractivity (Wildman–Crippen MR) is 83.6 cm³/mol. The third-order valence-corrected chi connectivity index (χ3v) is 4.59. The number of aryl methyl sites for hydroxylation is 2. The summed E-state index contributed by atoms with van der Waals surface area (Å²) in [7, 11) is 2.02. The number of hydrogen-bond acceptors (Lipinski definition) is 3. The lowest BCUT2D eigenvalue weighted by Crippen LogP contribution is -2.15. The molecule has 0 aliphatic heterocycles. The Morgan fingerprint density at radius 2 is 2.00 bits per heavy atom. The molecule has 2 N–H and O–H groups in total. The van der Waals surface area contributed by atoms with Gasteiger partial charge in [0.25, 0.3) is 0 Å². The number of aromatic nitrogens is 4. The van der Waals surface area contributed by atoms with Crippen molar-refractivity contribution in [1.82, 2.24) is 19.3 Å². The summed E-state index contributed by atoms with van der Waals surface area (Å²) in [6.45, 7) is 3.98. The van der Waals surface area contributed by atoms with Gasteiger partial charge in [0, 0.05) is 7.05 Å². The van der Waals surface area contributed by atoms with E-state index in [2.05, 4.69) is 38.6 Å². The second-order valence-electron chi connectivity index (χ2n) is 4.92. The Bertz CT molecular complexity index is 786. The first-order chi connectivity index (χ1) is 9.50. The molecule has 1 unspecified atom stereocenters. The van der Waals surface area contributed by atoms with Crippen LogP contribution in [0.5, 0.6) is 0 Å². The molecular formula is C14H16BrN5. The number of benzene rings is 1. The lowest BCUT2D eigenvalue weighted by molar-refractivity contribution is 0.527. The molecule has 20 heavy (non-hydrogen) atoms. The van der Waals surface area contributed by atoms with E-state index in [1.54, 1.807) is 4.68 Å². The van der Waals surface area contributed by atoms with E-state index in [1.807, 2.05) is 32.2 Å². The zero-order valence-corrected chi connectivity index (χ0v) is 13.2. The molecule has 0 amide bonds. The first-order valence-electron chi connectivity index (χ1n) is 6.42. The average molecular weight is 334 g/mol. The minimum absolute atomic E-state index is 0.0302. The van der Waals surface area contributed by atoms with E-state index >= 15 is 0 Å². The number of nitrogens with zero attached hydrogens (tertiary/aromatic N) is 4. The molecule has 2 aromatic heterocycles. The molecule has 0 spiro atoms. The molecule has 104 valence electrons. The number of para-hydroxylation sites is 2. The summed E-state index contributed by atoms with van der Waals surface area (Å²) in [5.41, 5.74) is 9.08. The highest BCUT2D eigenvalue weighted by molar-refractivity contribution is 9.10. The summed E-state index contributed by atoms with van der Waals surface area (Å²) in [5.74, 6) is 1.56.